The number of para-hydroxylation sites is 2. The highest BCUT2D eigenvalue weighted by Gasteiger charge is 2.35. The van der Waals surface area contributed by atoms with Crippen molar-refractivity contribution in [3.63, 3.8) is 0 Å². The number of anilines is 1. The van der Waals surface area contributed by atoms with Crippen LogP contribution in [0.3, 0.4) is 0 Å². The van der Waals surface area contributed by atoms with Crippen LogP contribution >= 0.6 is 0 Å². The van der Waals surface area contributed by atoms with E-state index in [0.29, 0.717) is 19.5 Å². The molecule has 1 amide bonds. The maximum Gasteiger partial charge on any atom is 0.227 e. The summed E-state index contributed by atoms with van der Waals surface area (Å²) in [5.41, 5.74) is 5.46. The van der Waals surface area contributed by atoms with Crippen molar-refractivity contribution < 1.29 is 4.79 Å². The second-order valence-electron chi connectivity index (χ2n) is 6.98. The van der Waals surface area contributed by atoms with E-state index in [-0.39, 0.29) is 11.8 Å². The van der Waals surface area contributed by atoms with Crippen LogP contribution in [0.15, 0.2) is 55.1 Å². The minimum atomic E-state index is 0.0924. The first-order valence-corrected chi connectivity index (χ1v) is 9.02. The number of hydrogen-bond donors (Lipinski definition) is 0. The van der Waals surface area contributed by atoms with Crippen molar-refractivity contribution in [3.8, 4) is 0 Å². The normalized spacial score (nSPS) is 17.2. The molecular formula is C22H23N3O. The van der Waals surface area contributed by atoms with Crippen LogP contribution in [-0.2, 0) is 11.3 Å². The topological polar surface area (TPSA) is 38.1 Å². The summed E-state index contributed by atoms with van der Waals surface area (Å²) >= 11 is 0. The first-order chi connectivity index (χ1) is 12.6. The number of allylic oxidation sites excluding steroid dienone is 1. The molecule has 1 fully saturated rings. The van der Waals surface area contributed by atoms with Gasteiger partial charge in [0.15, 0.2) is 0 Å². The van der Waals surface area contributed by atoms with E-state index in [0.717, 1.165) is 22.5 Å². The van der Waals surface area contributed by atoms with Gasteiger partial charge >= 0.3 is 0 Å². The van der Waals surface area contributed by atoms with E-state index in [9.17, 15) is 4.79 Å². The Hall–Kier alpha value is -2.88. The van der Waals surface area contributed by atoms with Crippen LogP contribution in [0, 0.1) is 13.8 Å². The van der Waals surface area contributed by atoms with Gasteiger partial charge in [-0.25, -0.2) is 4.98 Å². The predicted octanol–water partition coefficient (Wildman–Crippen LogP) is 4.36. The number of aryl methyl sites for hydroxylation is 1. The van der Waals surface area contributed by atoms with Gasteiger partial charge < -0.3 is 9.47 Å². The van der Waals surface area contributed by atoms with Crippen LogP contribution < -0.4 is 4.90 Å². The number of carbonyl (C=O) groups excluding carboxylic acids is 1. The molecular weight excluding hydrogens is 322 g/mol. The molecule has 4 rings (SSSR count). The second-order valence-corrected chi connectivity index (χ2v) is 6.98. The van der Waals surface area contributed by atoms with Gasteiger partial charge in [-0.15, -0.1) is 6.58 Å². The van der Waals surface area contributed by atoms with Crippen LogP contribution in [0.2, 0.25) is 0 Å². The minimum Gasteiger partial charge on any atom is -0.324 e. The Kier molecular flexibility index (Phi) is 4.11. The first kappa shape index (κ1) is 16.6. The van der Waals surface area contributed by atoms with Gasteiger partial charge in [-0.05, 0) is 43.2 Å². The van der Waals surface area contributed by atoms with Crippen LogP contribution in [0.25, 0.3) is 11.0 Å². The third-order valence-electron chi connectivity index (χ3n) is 5.35. The van der Waals surface area contributed by atoms with E-state index in [1.54, 1.807) is 0 Å². The molecule has 1 aliphatic rings. The average Bonchev–Trinajstić information content (AvgIpc) is 3.19. The van der Waals surface area contributed by atoms with Crippen molar-refractivity contribution in [3.05, 3.63) is 72.1 Å². The number of rotatable bonds is 4. The molecule has 0 aliphatic carbocycles. The van der Waals surface area contributed by atoms with Crippen LogP contribution in [0.4, 0.5) is 5.69 Å². The molecule has 0 saturated carbocycles. The van der Waals surface area contributed by atoms with Gasteiger partial charge in [0.05, 0.1) is 11.0 Å². The number of nitrogens with zero attached hydrogens (tertiary/aromatic N) is 3. The Balaban J connectivity index is 1.73. The highest BCUT2D eigenvalue weighted by Crippen LogP contribution is 2.35. The third-order valence-corrected chi connectivity index (χ3v) is 5.35. The van der Waals surface area contributed by atoms with E-state index in [1.807, 2.05) is 41.3 Å². The van der Waals surface area contributed by atoms with Gasteiger partial charge in [0, 0.05) is 31.1 Å². The Morgan fingerprint density at radius 1 is 1.19 bits per heavy atom. The molecule has 0 spiro atoms. The molecule has 4 heteroatoms. The van der Waals surface area contributed by atoms with Gasteiger partial charge in [0.1, 0.15) is 5.82 Å². The van der Waals surface area contributed by atoms with Crippen LogP contribution in [0.1, 0.15) is 29.3 Å². The summed E-state index contributed by atoms with van der Waals surface area (Å²) < 4.78 is 2.19. The summed E-state index contributed by atoms with van der Waals surface area (Å²) in [7, 11) is 0. The summed E-state index contributed by atoms with van der Waals surface area (Å²) in [5.74, 6) is 1.24. The number of aromatic nitrogens is 2. The summed E-state index contributed by atoms with van der Waals surface area (Å²) in [6.45, 7) is 9.42. The fraction of sp³-hybridized carbons (Fsp3) is 0.273. The molecule has 132 valence electrons. The zero-order valence-corrected chi connectivity index (χ0v) is 15.3. The molecule has 26 heavy (non-hydrogen) atoms. The first-order valence-electron chi connectivity index (χ1n) is 9.02. The Bertz CT molecular complexity index is 1000. The lowest BCUT2D eigenvalue weighted by Crippen LogP contribution is -2.25. The zero-order valence-electron chi connectivity index (χ0n) is 15.3. The van der Waals surface area contributed by atoms with Gasteiger partial charge in [0.2, 0.25) is 5.91 Å². The molecule has 1 aliphatic heterocycles. The van der Waals surface area contributed by atoms with Gasteiger partial charge in [-0.1, -0.05) is 30.3 Å². The standard InChI is InChI=1S/C22H23N3O/c1-4-12-24-20-10-6-5-9-18(20)23-22(24)17-13-21(26)25(14-17)19-11-7-8-15(2)16(19)3/h4-11,17H,1,12-14H2,2-3H3/t17-/m0/s1. The molecule has 2 heterocycles. The van der Waals surface area contributed by atoms with Crippen LogP contribution in [-0.4, -0.2) is 22.0 Å². The van der Waals surface area contributed by atoms with Gasteiger partial charge in [-0.2, -0.15) is 0 Å². The van der Waals surface area contributed by atoms with Crippen molar-refractivity contribution in [2.24, 2.45) is 0 Å². The number of imidazole rings is 1. The number of hydrogen-bond acceptors (Lipinski definition) is 2. The molecule has 3 aromatic rings. The maximum atomic E-state index is 12.8. The van der Waals surface area contributed by atoms with E-state index in [2.05, 4.69) is 37.1 Å². The number of carbonyl (C=O) groups is 1. The highest BCUT2D eigenvalue weighted by atomic mass is 16.2. The number of fused-ring (bicyclic) bond motifs is 1. The summed E-state index contributed by atoms with van der Waals surface area (Å²) in [6.07, 6.45) is 2.38. The van der Waals surface area contributed by atoms with Crippen LogP contribution in [0.5, 0.6) is 0 Å². The third kappa shape index (κ3) is 2.62. The highest BCUT2D eigenvalue weighted by molar-refractivity contribution is 5.97. The van der Waals surface area contributed by atoms with Gasteiger partial charge in [0.25, 0.3) is 0 Å². The minimum absolute atomic E-state index is 0.0924. The van der Waals surface area contributed by atoms with Gasteiger partial charge in [-0.3, -0.25) is 4.79 Å². The molecule has 0 radical (unpaired) electrons. The quantitative estimate of drug-likeness (QED) is 0.659. The molecule has 0 bridgehead atoms. The number of amides is 1. The van der Waals surface area contributed by atoms with Crippen molar-refractivity contribution in [2.45, 2.75) is 32.7 Å². The monoisotopic (exact) mass is 345 g/mol. The molecule has 0 unspecified atom stereocenters. The average molecular weight is 345 g/mol. The predicted molar refractivity (Wildman–Crippen MR) is 106 cm³/mol. The lowest BCUT2D eigenvalue weighted by Gasteiger charge is -2.20. The van der Waals surface area contributed by atoms with E-state index >= 15 is 0 Å². The largest absolute Gasteiger partial charge is 0.324 e. The van der Waals surface area contributed by atoms with E-state index < -0.39 is 0 Å². The van der Waals surface area contributed by atoms with Crippen molar-refractivity contribution in [1.82, 2.24) is 9.55 Å². The lowest BCUT2D eigenvalue weighted by atomic mass is 10.1. The van der Waals surface area contributed by atoms with Crippen molar-refractivity contribution >= 4 is 22.6 Å². The Labute approximate surface area is 153 Å². The molecule has 1 aromatic heterocycles. The van der Waals surface area contributed by atoms with Crippen molar-refractivity contribution in [2.75, 3.05) is 11.4 Å². The molecule has 2 aromatic carbocycles. The molecule has 1 atom stereocenters. The number of benzene rings is 2. The lowest BCUT2D eigenvalue weighted by molar-refractivity contribution is -0.117. The van der Waals surface area contributed by atoms with E-state index in [4.69, 9.17) is 4.98 Å². The fourth-order valence-corrected chi connectivity index (χ4v) is 3.87. The Morgan fingerprint density at radius 2 is 2.00 bits per heavy atom. The summed E-state index contributed by atoms with van der Waals surface area (Å²) in [4.78, 5) is 19.5. The molecule has 4 nitrogen and oxygen atoms in total. The van der Waals surface area contributed by atoms with Crippen molar-refractivity contribution in [1.29, 1.82) is 0 Å². The molecule has 0 N–H and O–H groups in total. The SMILES string of the molecule is C=CCn1c([C@H]2CC(=O)N(c3cccc(C)c3C)C2)nc2ccccc21. The maximum absolute atomic E-state index is 12.8. The summed E-state index contributed by atoms with van der Waals surface area (Å²) in [6, 6.07) is 14.3. The fourth-order valence-electron chi connectivity index (χ4n) is 3.87. The zero-order chi connectivity index (χ0) is 18.3. The Morgan fingerprint density at radius 3 is 2.81 bits per heavy atom. The molecule has 1 saturated heterocycles. The smallest absolute Gasteiger partial charge is 0.227 e. The second kappa shape index (κ2) is 6.45. The summed E-state index contributed by atoms with van der Waals surface area (Å²) in [5, 5.41) is 0. The van der Waals surface area contributed by atoms with E-state index in [1.165, 1.54) is 11.1 Å².